The highest BCUT2D eigenvalue weighted by molar-refractivity contribution is 5.69. The fraction of sp³-hybridized carbons (Fsp3) is 0.227. The van der Waals surface area contributed by atoms with Gasteiger partial charge >= 0.3 is 5.97 Å². The summed E-state index contributed by atoms with van der Waals surface area (Å²) in [5.41, 5.74) is 3.82. The number of benzene rings is 2. The molecule has 3 rings (SSSR count). The van der Waals surface area contributed by atoms with Gasteiger partial charge in [0.1, 0.15) is 11.5 Å². The lowest BCUT2D eigenvalue weighted by Gasteiger charge is -2.17. The van der Waals surface area contributed by atoms with Crippen LogP contribution in [-0.2, 0) is 11.2 Å². The van der Waals surface area contributed by atoms with Gasteiger partial charge in [0, 0.05) is 5.69 Å². The molecule has 140 valence electrons. The third-order valence-corrected chi connectivity index (χ3v) is 4.35. The molecule has 0 amide bonds. The average molecular weight is 365 g/mol. The Morgan fingerprint density at radius 2 is 1.78 bits per heavy atom. The molecule has 0 saturated carbocycles. The fourth-order valence-electron chi connectivity index (χ4n) is 3.10. The van der Waals surface area contributed by atoms with Crippen molar-refractivity contribution >= 4 is 5.97 Å². The summed E-state index contributed by atoms with van der Waals surface area (Å²) in [6.45, 7) is 2.50. The largest absolute Gasteiger partial charge is 0.497 e. The molecular formula is C22H23NO4. The van der Waals surface area contributed by atoms with Crippen molar-refractivity contribution in [3.63, 3.8) is 0 Å². The Morgan fingerprint density at radius 1 is 1.04 bits per heavy atom. The first kappa shape index (κ1) is 18.6. The van der Waals surface area contributed by atoms with E-state index < -0.39 is 5.97 Å². The van der Waals surface area contributed by atoms with Gasteiger partial charge in [-0.3, -0.25) is 4.79 Å². The topological polar surface area (TPSA) is 60.7 Å². The second-order valence-electron chi connectivity index (χ2n) is 6.07. The number of carbonyl (C=O) groups is 1. The number of carboxylic acid groups (broad SMARTS) is 1. The van der Waals surface area contributed by atoms with Crippen LogP contribution in [0.5, 0.6) is 11.5 Å². The van der Waals surface area contributed by atoms with E-state index in [0.717, 1.165) is 34.1 Å². The number of nitrogens with zero attached hydrogens (tertiary/aromatic N) is 1. The van der Waals surface area contributed by atoms with Crippen LogP contribution >= 0.6 is 0 Å². The summed E-state index contributed by atoms with van der Waals surface area (Å²) in [4.78, 5) is 11.1. The van der Waals surface area contributed by atoms with Crippen molar-refractivity contribution in [1.29, 1.82) is 0 Å². The maximum absolute atomic E-state index is 11.1. The summed E-state index contributed by atoms with van der Waals surface area (Å²) >= 11 is 0. The molecule has 0 radical (unpaired) electrons. The molecule has 0 spiro atoms. The van der Waals surface area contributed by atoms with Gasteiger partial charge in [0.2, 0.25) is 0 Å². The second-order valence-corrected chi connectivity index (χ2v) is 6.07. The number of aryl methyl sites for hydroxylation is 1. The van der Waals surface area contributed by atoms with Gasteiger partial charge in [-0.2, -0.15) is 0 Å². The number of aromatic nitrogens is 1. The number of ether oxygens (including phenoxy) is 2. The van der Waals surface area contributed by atoms with Gasteiger partial charge in [0.05, 0.1) is 31.5 Å². The zero-order valence-electron chi connectivity index (χ0n) is 15.5. The number of methoxy groups -OCH3 is 1. The van der Waals surface area contributed by atoms with E-state index in [9.17, 15) is 4.79 Å². The fourth-order valence-corrected chi connectivity index (χ4v) is 3.10. The maximum atomic E-state index is 11.1. The summed E-state index contributed by atoms with van der Waals surface area (Å²) in [5, 5.41) is 9.11. The molecule has 27 heavy (non-hydrogen) atoms. The minimum absolute atomic E-state index is 0.0723. The average Bonchev–Trinajstić information content (AvgIpc) is 3.11. The summed E-state index contributed by atoms with van der Waals surface area (Å²) in [7, 11) is 1.64. The monoisotopic (exact) mass is 365 g/mol. The zero-order chi connectivity index (χ0) is 19.2. The molecule has 1 N–H and O–H groups in total. The minimum Gasteiger partial charge on any atom is -0.497 e. The standard InChI is InChI=1S/C22H23NO4/c1-3-27-21-7-5-4-6-20(21)23-17(11-15-22(24)25)10-14-19(23)16-8-12-18(26-2)13-9-16/h4-10,12-14H,3,11,15H2,1-2H3,(H,24,25). The van der Waals surface area contributed by atoms with Crippen molar-refractivity contribution in [3.8, 4) is 28.4 Å². The van der Waals surface area contributed by atoms with Crippen molar-refractivity contribution in [3.05, 3.63) is 66.4 Å². The van der Waals surface area contributed by atoms with Crippen LogP contribution in [0.1, 0.15) is 19.0 Å². The highest BCUT2D eigenvalue weighted by Gasteiger charge is 2.16. The normalized spacial score (nSPS) is 10.6. The maximum Gasteiger partial charge on any atom is 0.303 e. The van der Waals surface area contributed by atoms with E-state index in [1.165, 1.54) is 0 Å². The molecule has 1 heterocycles. The first-order valence-electron chi connectivity index (χ1n) is 8.93. The van der Waals surface area contributed by atoms with Crippen molar-refractivity contribution in [2.75, 3.05) is 13.7 Å². The Balaban J connectivity index is 2.13. The molecule has 0 saturated heterocycles. The second kappa shape index (κ2) is 8.45. The summed E-state index contributed by atoms with van der Waals surface area (Å²) in [6.07, 6.45) is 0.509. The molecule has 3 aromatic rings. The molecule has 5 nitrogen and oxygen atoms in total. The SMILES string of the molecule is CCOc1ccccc1-n1c(CCC(=O)O)ccc1-c1ccc(OC)cc1. The predicted molar refractivity (Wildman–Crippen MR) is 105 cm³/mol. The van der Waals surface area contributed by atoms with Crippen molar-refractivity contribution < 1.29 is 19.4 Å². The van der Waals surface area contributed by atoms with Crippen LogP contribution in [0.4, 0.5) is 0 Å². The zero-order valence-corrected chi connectivity index (χ0v) is 15.5. The van der Waals surface area contributed by atoms with Crippen LogP contribution < -0.4 is 9.47 Å². The number of carboxylic acids is 1. The van der Waals surface area contributed by atoms with E-state index in [-0.39, 0.29) is 6.42 Å². The quantitative estimate of drug-likeness (QED) is 0.635. The van der Waals surface area contributed by atoms with Crippen LogP contribution in [-0.4, -0.2) is 29.4 Å². The molecule has 1 aromatic heterocycles. The van der Waals surface area contributed by atoms with Gasteiger partial charge in [0.25, 0.3) is 0 Å². The number of rotatable bonds is 8. The van der Waals surface area contributed by atoms with E-state index in [1.807, 2.05) is 67.6 Å². The van der Waals surface area contributed by atoms with Crippen molar-refractivity contribution in [2.24, 2.45) is 0 Å². The number of aliphatic carboxylic acids is 1. The lowest BCUT2D eigenvalue weighted by Crippen LogP contribution is -2.07. The van der Waals surface area contributed by atoms with E-state index in [4.69, 9.17) is 14.6 Å². The number of para-hydroxylation sites is 2. The smallest absolute Gasteiger partial charge is 0.303 e. The first-order chi connectivity index (χ1) is 13.1. The predicted octanol–water partition coefficient (Wildman–Crippen LogP) is 4.57. The van der Waals surface area contributed by atoms with Gasteiger partial charge in [-0.05, 0) is 67.4 Å². The van der Waals surface area contributed by atoms with E-state index in [2.05, 4.69) is 4.57 Å². The van der Waals surface area contributed by atoms with Gasteiger partial charge in [-0.25, -0.2) is 0 Å². The van der Waals surface area contributed by atoms with E-state index >= 15 is 0 Å². The third-order valence-electron chi connectivity index (χ3n) is 4.35. The molecule has 0 aliphatic rings. The molecule has 0 atom stereocenters. The van der Waals surface area contributed by atoms with E-state index in [1.54, 1.807) is 7.11 Å². The Morgan fingerprint density at radius 3 is 2.44 bits per heavy atom. The van der Waals surface area contributed by atoms with Crippen LogP contribution in [0, 0.1) is 0 Å². The molecule has 2 aromatic carbocycles. The Kier molecular flexibility index (Phi) is 5.81. The van der Waals surface area contributed by atoms with Crippen LogP contribution in [0.2, 0.25) is 0 Å². The van der Waals surface area contributed by atoms with Crippen LogP contribution in [0.15, 0.2) is 60.7 Å². The molecule has 0 aliphatic carbocycles. The number of hydrogen-bond donors (Lipinski definition) is 1. The molecule has 0 bridgehead atoms. The van der Waals surface area contributed by atoms with Crippen molar-refractivity contribution in [2.45, 2.75) is 19.8 Å². The number of hydrogen-bond acceptors (Lipinski definition) is 3. The molecule has 0 aliphatic heterocycles. The molecule has 5 heteroatoms. The third kappa shape index (κ3) is 4.14. The van der Waals surface area contributed by atoms with Gasteiger partial charge in [-0.1, -0.05) is 12.1 Å². The van der Waals surface area contributed by atoms with Gasteiger partial charge in [-0.15, -0.1) is 0 Å². The van der Waals surface area contributed by atoms with Crippen molar-refractivity contribution in [1.82, 2.24) is 4.57 Å². The van der Waals surface area contributed by atoms with E-state index in [0.29, 0.717) is 13.0 Å². The molecular weight excluding hydrogens is 342 g/mol. The highest BCUT2D eigenvalue weighted by Crippen LogP contribution is 2.33. The van der Waals surface area contributed by atoms with Crippen LogP contribution in [0.25, 0.3) is 16.9 Å². The Labute approximate surface area is 158 Å². The first-order valence-corrected chi connectivity index (χ1v) is 8.93. The Bertz CT molecular complexity index is 912. The van der Waals surface area contributed by atoms with Gasteiger partial charge in [0.15, 0.2) is 0 Å². The summed E-state index contributed by atoms with van der Waals surface area (Å²) < 4.78 is 13.1. The summed E-state index contributed by atoms with van der Waals surface area (Å²) in [5.74, 6) is 0.743. The lowest BCUT2D eigenvalue weighted by atomic mass is 10.1. The lowest BCUT2D eigenvalue weighted by molar-refractivity contribution is -0.136. The molecule has 0 fully saturated rings. The van der Waals surface area contributed by atoms with Crippen LogP contribution in [0.3, 0.4) is 0 Å². The Hall–Kier alpha value is -3.21. The highest BCUT2D eigenvalue weighted by atomic mass is 16.5. The van der Waals surface area contributed by atoms with Gasteiger partial charge < -0.3 is 19.1 Å². The molecule has 0 unspecified atom stereocenters. The summed E-state index contributed by atoms with van der Waals surface area (Å²) in [6, 6.07) is 19.6. The minimum atomic E-state index is -0.813.